The Kier molecular flexibility index (Phi) is 2.64. The van der Waals surface area contributed by atoms with E-state index >= 15 is 0 Å². The van der Waals surface area contributed by atoms with Gasteiger partial charge in [0, 0.05) is 12.4 Å². The average Bonchev–Trinajstić information content (AvgIpc) is 2.69. The second-order valence-electron chi connectivity index (χ2n) is 2.96. The number of amides is 1. The zero-order valence-electron chi connectivity index (χ0n) is 8.30. The van der Waals surface area contributed by atoms with E-state index in [-0.39, 0.29) is 5.91 Å². The van der Waals surface area contributed by atoms with E-state index < -0.39 is 0 Å². The van der Waals surface area contributed by atoms with E-state index in [1.807, 2.05) is 24.4 Å². The number of pyridine rings is 1. The Bertz CT molecular complexity index is 445. The van der Waals surface area contributed by atoms with Gasteiger partial charge in [-0.15, -0.1) is 0 Å². The van der Waals surface area contributed by atoms with E-state index in [1.165, 1.54) is 0 Å². The van der Waals surface area contributed by atoms with Gasteiger partial charge in [0.25, 0.3) is 5.91 Å². The van der Waals surface area contributed by atoms with Crippen molar-refractivity contribution in [1.29, 1.82) is 0 Å². The number of imidazole rings is 1. The number of carbonyl (C=O) groups is 1. The summed E-state index contributed by atoms with van der Waals surface area (Å²) in [5.41, 5.74) is 3.37. The highest BCUT2D eigenvalue weighted by atomic mass is 16.6. The van der Waals surface area contributed by atoms with Crippen molar-refractivity contribution in [1.82, 2.24) is 14.9 Å². The molecule has 2 heterocycles. The van der Waals surface area contributed by atoms with Crippen molar-refractivity contribution in [2.24, 2.45) is 0 Å². The number of nitrogens with one attached hydrogen (secondary N) is 1. The molecule has 15 heavy (non-hydrogen) atoms. The van der Waals surface area contributed by atoms with Crippen LogP contribution in [0.15, 0.2) is 30.6 Å². The maximum atomic E-state index is 11.5. The van der Waals surface area contributed by atoms with Crippen LogP contribution in [-0.4, -0.2) is 21.9 Å². The van der Waals surface area contributed by atoms with Crippen molar-refractivity contribution in [3.05, 3.63) is 36.3 Å². The first-order valence-electron chi connectivity index (χ1n) is 4.67. The van der Waals surface area contributed by atoms with E-state index in [2.05, 4.69) is 10.5 Å². The van der Waals surface area contributed by atoms with Crippen molar-refractivity contribution in [2.75, 3.05) is 6.61 Å². The van der Waals surface area contributed by atoms with Gasteiger partial charge in [-0.2, -0.15) is 0 Å². The summed E-state index contributed by atoms with van der Waals surface area (Å²) in [7, 11) is 0. The first-order chi connectivity index (χ1) is 7.31. The van der Waals surface area contributed by atoms with E-state index in [9.17, 15) is 4.79 Å². The minimum atomic E-state index is -0.333. The lowest BCUT2D eigenvalue weighted by Crippen LogP contribution is -2.23. The third-order valence-electron chi connectivity index (χ3n) is 1.91. The lowest BCUT2D eigenvalue weighted by Gasteiger charge is -1.99. The van der Waals surface area contributed by atoms with Gasteiger partial charge in [0.1, 0.15) is 11.3 Å². The van der Waals surface area contributed by atoms with Crippen LogP contribution in [0.2, 0.25) is 0 Å². The fourth-order valence-corrected chi connectivity index (χ4v) is 1.23. The summed E-state index contributed by atoms with van der Waals surface area (Å²) >= 11 is 0. The summed E-state index contributed by atoms with van der Waals surface area (Å²) in [4.78, 5) is 20.4. The Morgan fingerprint density at radius 2 is 2.47 bits per heavy atom. The molecule has 0 unspecified atom stereocenters. The highest BCUT2D eigenvalue weighted by Gasteiger charge is 2.09. The predicted molar refractivity (Wildman–Crippen MR) is 54.3 cm³/mol. The smallest absolute Gasteiger partial charge is 0.295 e. The second-order valence-corrected chi connectivity index (χ2v) is 2.96. The van der Waals surface area contributed by atoms with Gasteiger partial charge in [0.2, 0.25) is 0 Å². The van der Waals surface area contributed by atoms with Gasteiger partial charge < -0.3 is 4.40 Å². The summed E-state index contributed by atoms with van der Waals surface area (Å²) in [5, 5.41) is 0. The molecule has 0 saturated carbocycles. The topological polar surface area (TPSA) is 55.6 Å². The number of hydrogen-bond acceptors (Lipinski definition) is 3. The lowest BCUT2D eigenvalue weighted by molar-refractivity contribution is 0.0360. The van der Waals surface area contributed by atoms with Crippen LogP contribution >= 0.6 is 0 Å². The fourth-order valence-electron chi connectivity index (χ4n) is 1.23. The summed E-state index contributed by atoms with van der Waals surface area (Å²) in [6, 6.07) is 5.57. The zero-order chi connectivity index (χ0) is 10.7. The van der Waals surface area contributed by atoms with Gasteiger partial charge >= 0.3 is 0 Å². The molecule has 2 aromatic rings. The van der Waals surface area contributed by atoms with Crippen LogP contribution in [0, 0.1) is 0 Å². The molecule has 2 rings (SSSR count). The molecule has 0 bridgehead atoms. The van der Waals surface area contributed by atoms with E-state index in [1.54, 1.807) is 17.5 Å². The predicted octanol–water partition coefficient (Wildman–Crippen LogP) is 1.02. The standard InChI is InChI=1S/C10H11N3O2/c1-2-15-12-10(14)8-7-13-6-4-3-5-9(13)11-8/h3-7H,2H2,1H3,(H,12,14). The minimum Gasteiger partial charge on any atom is -0.306 e. The molecule has 0 fully saturated rings. The number of rotatable bonds is 3. The van der Waals surface area contributed by atoms with E-state index in [4.69, 9.17) is 4.84 Å². The van der Waals surface area contributed by atoms with Crippen LogP contribution in [0.3, 0.4) is 0 Å². The zero-order valence-corrected chi connectivity index (χ0v) is 8.30. The average molecular weight is 205 g/mol. The van der Waals surface area contributed by atoms with Crippen molar-refractivity contribution < 1.29 is 9.63 Å². The maximum Gasteiger partial charge on any atom is 0.295 e. The molecule has 0 radical (unpaired) electrons. The molecule has 0 atom stereocenters. The highest BCUT2D eigenvalue weighted by molar-refractivity contribution is 5.92. The number of nitrogens with zero attached hydrogens (tertiary/aromatic N) is 2. The molecule has 0 aromatic carbocycles. The van der Waals surface area contributed by atoms with Crippen LogP contribution in [0.4, 0.5) is 0 Å². The third kappa shape index (κ3) is 1.97. The normalized spacial score (nSPS) is 10.5. The number of carbonyl (C=O) groups excluding carboxylic acids is 1. The third-order valence-corrected chi connectivity index (χ3v) is 1.91. The first-order valence-corrected chi connectivity index (χ1v) is 4.67. The van der Waals surface area contributed by atoms with Crippen LogP contribution < -0.4 is 5.48 Å². The first kappa shape index (κ1) is 9.67. The molecule has 1 amide bonds. The van der Waals surface area contributed by atoms with Gasteiger partial charge in [0.05, 0.1) is 6.61 Å². The Morgan fingerprint density at radius 1 is 1.60 bits per heavy atom. The summed E-state index contributed by atoms with van der Waals surface area (Å²) in [6.45, 7) is 2.23. The fraction of sp³-hybridized carbons (Fsp3) is 0.200. The molecular weight excluding hydrogens is 194 g/mol. The molecule has 5 heteroatoms. The molecule has 2 aromatic heterocycles. The van der Waals surface area contributed by atoms with Crippen LogP contribution in [0.1, 0.15) is 17.4 Å². The molecule has 0 aliphatic rings. The largest absolute Gasteiger partial charge is 0.306 e. The Morgan fingerprint density at radius 3 is 3.20 bits per heavy atom. The maximum absolute atomic E-state index is 11.5. The van der Waals surface area contributed by atoms with Crippen molar-refractivity contribution in [2.45, 2.75) is 6.92 Å². The van der Waals surface area contributed by atoms with E-state index in [0.717, 1.165) is 5.65 Å². The number of hydroxylamine groups is 1. The quantitative estimate of drug-likeness (QED) is 0.761. The van der Waals surface area contributed by atoms with Gasteiger partial charge in [0.15, 0.2) is 0 Å². The molecule has 1 N–H and O–H groups in total. The summed E-state index contributed by atoms with van der Waals surface area (Å²) < 4.78 is 1.78. The Labute approximate surface area is 86.6 Å². The molecular formula is C10H11N3O2. The molecule has 5 nitrogen and oxygen atoms in total. The molecule has 0 aliphatic heterocycles. The van der Waals surface area contributed by atoms with Gasteiger partial charge in [-0.3, -0.25) is 9.63 Å². The molecule has 0 aliphatic carbocycles. The minimum absolute atomic E-state index is 0.333. The molecule has 0 spiro atoms. The number of hydrogen-bond donors (Lipinski definition) is 1. The SMILES string of the molecule is CCONC(=O)c1cn2ccccc2n1. The van der Waals surface area contributed by atoms with Crippen molar-refractivity contribution >= 4 is 11.6 Å². The lowest BCUT2D eigenvalue weighted by atomic mass is 10.5. The van der Waals surface area contributed by atoms with Crippen LogP contribution in [0.25, 0.3) is 5.65 Å². The van der Waals surface area contributed by atoms with Crippen molar-refractivity contribution in [3.8, 4) is 0 Å². The Balaban J connectivity index is 2.25. The number of aromatic nitrogens is 2. The van der Waals surface area contributed by atoms with Crippen LogP contribution in [0.5, 0.6) is 0 Å². The Hall–Kier alpha value is -1.88. The van der Waals surface area contributed by atoms with Gasteiger partial charge in [-0.05, 0) is 19.1 Å². The van der Waals surface area contributed by atoms with Crippen molar-refractivity contribution in [3.63, 3.8) is 0 Å². The monoisotopic (exact) mass is 205 g/mol. The highest BCUT2D eigenvalue weighted by Crippen LogP contribution is 2.03. The summed E-state index contributed by atoms with van der Waals surface area (Å²) in [6.07, 6.45) is 3.49. The van der Waals surface area contributed by atoms with Crippen LogP contribution in [-0.2, 0) is 4.84 Å². The van der Waals surface area contributed by atoms with E-state index in [0.29, 0.717) is 12.3 Å². The number of fused-ring (bicyclic) bond motifs is 1. The second kappa shape index (κ2) is 4.10. The molecule has 78 valence electrons. The van der Waals surface area contributed by atoms with Gasteiger partial charge in [-0.25, -0.2) is 10.5 Å². The van der Waals surface area contributed by atoms with Gasteiger partial charge in [-0.1, -0.05) is 6.07 Å². The summed E-state index contributed by atoms with van der Waals surface area (Å²) in [5.74, 6) is -0.333. The molecule has 0 saturated heterocycles.